The van der Waals surface area contributed by atoms with Gasteiger partial charge in [0.05, 0.1) is 12.7 Å². The molecule has 2 atom stereocenters. The highest BCUT2D eigenvalue weighted by atomic mass is 16.5. The molecule has 5 nitrogen and oxygen atoms in total. The Morgan fingerprint density at radius 3 is 2.86 bits per heavy atom. The topological polar surface area (TPSA) is 70.6 Å². The second-order valence-corrected chi connectivity index (χ2v) is 5.51. The molecule has 5 heteroatoms. The van der Waals surface area contributed by atoms with Gasteiger partial charge < -0.3 is 20.5 Å². The van der Waals surface area contributed by atoms with Crippen molar-refractivity contribution in [2.75, 3.05) is 18.5 Å². The maximum atomic E-state index is 11.9. The van der Waals surface area contributed by atoms with Crippen molar-refractivity contribution < 1.29 is 14.6 Å². The molecular formula is C16H24N2O3. The highest BCUT2D eigenvalue weighted by Crippen LogP contribution is 2.25. The SMILES string of the molecule is CCOc1ccc(NC(=O)NCC2CCCC2O)cc1C. The molecule has 0 heterocycles. The summed E-state index contributed by atoms with van der Waals surface area (Å²) in [5.41, 5.74) is 1.72. The zero-order chi connectivity index (χ0) is 15.2. The van der Waals surface area contributed by atoms with Gasteiger partial charge in [-0.2, -0.15) is 0 Å². The van der Waals surface area contributed by atoms with Crippen molar-refractivity contribution in [1.82, 2.24) is 5.32 Å². The summed E-state index contributed by atoms with van der Waals surface area (Å²) in [6, 6.07) is 5.32. The number of hydrogen-bond donors (Lipinski definition) is 3. The van der Waals surface area contributed by atoms with Crippen LogP contribution in [0.4, 0.5) is 10.5 Å². The molecule has 1 fully saturated rings. The van der Waals surface area contributed by atoms with Gasteiger partial charge in [0.15, 0.2) is 0 Å². The predicted octanol–water partition coefficient (Wildman–Crippen LogP) is 2.68. The number of aliphatic hydroxyl groups excluding tert-OH is 1. The summed E-state index contributed by atoms with van der Waals surface area (Å²) in [5.74, 6) is 1.01. The minimum absolute atomic E-state index is 0.179. The molecule has 2 rings (SSSR count). The Labute approximate surface area is 125 Å². The molecule has 1 aromatic carbocycles. The van der Waals surface area contributed by atoms with Crippen LogP contribution in [0.15, 0.2) is 18.2 Å². The number of anilines is 1. The molecule has 21 heavy (non-hydrogen) atoms. The van der Waals surface area contributed by atoms with Gasteiger partial charge in [0.1, 0.15) is 5.75 Å². The number of ether oxygens (including phenoxy) is 1. The maximum absolute atomic E-state index is 11.9. The molecule has 0 bridgehead atoms. The summed E-state index contributed by atoms with van der Waals surface area (Å²) in [4.78, 5) is 11.9. The van der Waals surface area contributed by atoms with Gasteiger partial charge in [-0.1, -0.05) is 6.42 Å². The lowest BCUT2D eigenvalue weighted by Gasteiger charge is -2.16. The van der Waals surface area contributed by atoms with Crippen LogP contribution in [-0.2, 0) is 0 Å². The molecule has 116 valence electrons. The van der Waals surface area contributed by atoms with Gasteiger partial charge in [0.2, 0.25) is 0 Å². The van der Waals surface area contributed by atoms with E-state index in [4.69, 9.17) is 4.74 Å². The van der Waals surface area contributed by atoms with Crippen LogP contribution < -0.4 is 15.4 Å². The van der Waals surface area contributed by atoms with Gasteiger partial charge in [0.25, 0.3) is 0 Å². The van der Waals surface area contributed by atoms with Gasteiger partial charge in [-0.25, -0.2) is 4.79 Å². The minimum Gasteiger partial charge on any atom is -0.494 e. The molecule has 1 aliphatic carbocycles. The van der Waals surface area contributed by atoms with E-state index in [2.05, 4.69) is 10.6 Å². The third-order valence-electron chi connectivity index (χ3n) is 3.88. The van der Waals surface area contributed by atoms with Crippen LogP contribution in [-0.4, -0.2) is 30.4 Å². The van der Waals surface area contributed by atoms with E-state index in [-0.39, 0.29) is 18.1 Å². The smallest absolute Gasteiger partial charge is 0.319 e. The second-order valence-electron chi connectivity index (χ2n) is 5.51. The monoisotopic (exact) mass is 292 g/mol. The number of aliphatic hydroxyl groups is 1. The van der Waals surface area contributed by atoms with Crippen LogP contribution in [0.3, 0.4) is 0 Å². The molecule has 2 amide bonds. The zero-order valence-electron chi connectivity index (χ0n) is 12.7. The van der Waals surface area contributed by atoms with Crippen molar-refractivity contribution >= 4 is 11.7 Å². The number of rotatable bonds is 5. The minimum atomic E-state index is -0.280. The number of aryl methyl sites for hydroxylation is 1. The van der Waals surface area contributed by atoms with Crippen molar-refractivity contribution in [3.05, 3.63) is 23.8 Å². The number of carbonyl (C=O) groups excluding carboxylic acids is 1. The predicted molar refractivity (Wildman–Crippen MR) is 82.7 cm³/mol. The van der Waals surface area contributed by atoms with E-state index in [0.29, 0.717) is 13.2 Å². The summed E-state index contributed by atoms with van der Waals surface area (Å²) >= 11 is 0. The Balaban J connectivity index is 1.83. The number of nitrogens with one attached hydrogen (secondary N) is 2. The van der Waals surface area contributed by atoms with Crippen molar-refractivity contribution in [3.8, 4) is 5.75 Å². The van der Waals surface area contributed by atoms with Crippen molar-refractivity contribution in [1.29, 1.82) is 0 Å². The maximum Gasteiger partial charge on any atom is 0.319 e. The van der Waals surface area contributed by atoms with Crippen LogP contribution >= 0.6 is 0 Å². The zero-order valence-corrected chi connectivity index (χ0v) is 12.7. The lowest BCUT2D eigenvalue weighted by Crippen LogP contribution is -2.35. The summed E-state index contributed by atoms with van der Waals surface area (Å²) in [6.07, 6.45) is 2.57. The number of hydrogen-bond acceptors (Lipinski definition) is 3. The number of carbonyl (C=O) groups is 1. The molecule has 1 aromatic rings. The number of benzene rings is 1. The van der Waals surface area contributed by atoms with E-state index in [1.165, 1.54) is 0 Å². The molecule has 0 aromatic heterocycles. The average molecular weight is 292 g/mol. The third kappa shape index (κ3) is 4.36. The molecule has 3 N–H and O–H groups in total. The Hall–Kier alpha value is -1.75. The lowest BCUT2D eigenvalue weighted by molar-refractivity contribution is 0.133. The fraction of sp³-hybridized carbons (Fsp3) is 0.562. The first-order valence-corrected chi connectivity index (χ1v) is 7.56. The fourth-order valence-electron chi connectivity index (χ4n) is 2.70. The largest absolute Gasteiger partial charge is 0.494 e. The molecule has 0 aliphatic heterocycles. The van der Waals surface area contributed by atoms with E-state index in [1.54, 1.807) is 0 Å². The molecular weight excluding hydrogens is 268 g/mol. The fourth-order valence-corrected chi connectivity index (χ4v) is 2.70. The normalized spacial score (nSPS) is 21.1. The summed E-state index contributed by atoms with van der Waals surface area (Å²) in [6.45, 7) is 5.03. The van der Waals surface area contributed by atoms with Gasteiger partial charge in [-0.15, -0.1) is 0 Å². The van der Waals surface area contributed by atoms with E-state index in [9.17, 15) is 9.90 Å². The highest BCUT2D eigenvalue weighted by Gasteiger charge is 2.25. The van der Waals surface area contributed by atoms with E-state index in [1.807, 2.05) is 32.0 Å². The molecule has 0 saturated heterocycles. The van der Waals surface area contributed by atoms with Gasteiger partial charge in [-0.05, 0) is 50.5 Å². The van der Waals surface area contributed by atoms with E-state index >= 15 is 0 Å². The van der Waals surface area contributed by atoms with E-state index < -0.39 is 0 Å². The van der Waals surface area contributed by atoms with Gasteiger partial charge >= 0.3 is 6.03 Å². The first kappa shape index (κ1) is 15.6. The molecule has 0 radical (unpaired) electrons. The van der Waals surface area contributed by atoms with Crippen molar-refractivity contribution in [3.63, 3.8) is 0 Å². The van der Waals surface area contributed by atoms with E-state index in [0.717, 1.165) is 36.3 Å². The highest BCUT2D eigenvalue weighted by molar-refractivity contribution is 5.89. The summed E-state index contributed by atoms with van der Waals surface area (Å²) < 4.78 is 5.47. The van der Waals surface area contributed by atoms with Crippen LogP contribution in [0.25, 0.3) is 0 Å². The molecule has 1 saturated carbocycles. The molecule has 2 unspecified atom stereocenters. The molecule has 1 aliphatic rings. The Morgan fingerprint density at radius 1 is 1.43 bits per heavy atom. The Bertz CT molecular complexity index is 490. The third-order valence-corrected chi connectivity index (χ3v) is 3.88. The van der Waals surface area contributed by atoms with Gasteiger partial charge in [-0.3, -0.25) is 0 Å². The second kappa shape index (κ2) is 7.31. The number of amides is 2. The quantitative estimate of drug-likeness (QED) is 0.781. The van der Waals surface area contributed by atoms with Crippen molar-refractivity contribution in [2.24, 2.45) is 5.92 Å². The summed E-state index contributed by atoms with van der Waals surface area (Å²) in [7, 11) is 0. The first-order chi connectivity index (χ1) is 10.1. The lowest BCUT2D eigenvalue weighted by atomic mass is 10.1. The van der Waals surface area contributed by atoms with Crippen LogP contribution in [0.2, 0.25) is 0 Å². The summed E-state index contributed by atoms with van der Waals surface area (Å²) in [5, 5.41) is 15.3. The standard InChI is InChI=1S/C16H24N2O3/c1-3-21-15-8-7-13(9-11(15)2)18-16(20)17-10-12-5-4-6-14(12)19/h7-9,12,14,19H,3-6,10H2,1-2H3,(H2,17,18,20). The average Bonchev–Trinajstić information content (AvgIpc) is 2.85. The Morgan fingerprint density at radius 2 is 2.24 bits per heavy atom. The van der Waals surface area contributed by atoms with Crippen LogP contribution in [0.5, 0.6) is 5.75 Å². The van der Waals surface area contributed by atoms with Gasteiger partial charge in [0, 0.05) is 18.2 Å². The first-order valence-electron chi connectivity index (χ1n) is 7.56. The molecule has 0 spiro atoms. The number of urea groups is 1. The Kier molecular flexibility index (Phi) is 5.44. The van der Waals surface area contributed by atoms with Crippen LogP contribution in [0, 0.1) is 12.8 Å². The van der Waals surface area contributed by atoms with Crippen LogP contribution in [0.1, 0.15) is 31.7 Å². The van der Waals surface area contributed by atoms with Crippen molar-refractivity contribution in [2.45, 2.75) is 39.2 Å².